The van der Waals surface area contributed by atoms with Gasteiger partial charge in [0.25, 0.3) is 0 Å². The summed E-state index contributed by atoms with van der Waals surface area (Å²) in [6.07, 6.45) is 0.855. The van der Waals surface area contributed by atoms with Crippen LogP contribution in [0.15, 0.2) is 24.3 Å². The predicted molar refractivity (Wildman–Crippen MR) is 85.5 cm³/mol. The molecule has 0 spiro atoms. The summed E-state index contributed by atoms with van der Waals surface area (Å²) in [4.78, 5) is 12.5. The summed E-state index contributed by atoms with van der Waals surface area (Å²) in [6.45, 7) is 8.01. The van der Waals surface area contributed by atoms with Crippen molar-refractivity contribution in [1.82, 2.24) is 9.78 Å². The van der Waals surface area contributed by atoms with Gasteiger partial charge in [-0.1, -0.05) is 36.8 Å². The smallest absolute Gasteiger partial charge is 0.232 e. The second kappa shape index (κ2) is 6.12. The molecule has 2 aromatic rings. The molecule has 0 saturated carbocycles. The summed E-state index contributed by atoms with van der Waals surface area (Å²) in [7, 11) is 1.86. The van der Waals surface area contributed by atoms with Gasteiger partial charge in [0, 0.05) is 12.6 Å². The molecule has 21 heavy (non-hydrogen) atoms. The molecule has 1 N–H and O–H groups in total. The Labute approximate surface area is 126 Å². The molecule has 1 aromatic heterocycles. The Hall–Kier alpha value is -2.10. The number of hydrogen-bond donors (Lipinski definition) is 1. The maximum absolute atomic E-state index is 12.5. The minimum Gasteiger partial charge on any atom is -0.310 e. The average molecular weight is 285 g/mol. The number of amides is 1. The van der Waals surface area contributed by atoms with Crippen LogP contribution in [0, 0.1) is 13.8 Å². The van der Waals surface area contributed by atoms with E-state index in [1.165, 1.54) is 5.56 Å². The van der Waals surface area contributed by atoms with E-state index >= 15 is 0 Å². The van der Waals surface area contributed by atoms with Gasteiger partial charge in [-0.15, -0.1) is 0 Å². The first-order chi connectivity index (χ1) is 9.93. The summed E-state index contributed by atoms with van der Waals surface area (Å²) in [6, 6.07) is 8.08. The van der Waals surface area contributed by atoms with Gasteiger partial charge in [-0.3, -0.25) is 9.48 Å². The fraction of sp³-hybridized carbons (Fsp3) is 0.412. The molecule has 4 nitrogen and oxygen atoms in total. The zero-order valence-electron chi connectivity index (χ0n) is 13.4. The highest BCUT2D eigenvalue weighted by molar-refractivity contribution is 5.95. The van der Waals surface area contributed by atoms with E-state index in [1.54, 1.807) is 4.68 Å². The average Bonchev–Trinajstić information content (AvgIpc) is 2.72. The van der Waals surface area contributed by atoms with E-state index in [2.05, 4.69) is 17.3 Å². The molecule has 1 unspecified atom stereocenters. The van der Waals surface area contributed by atoms with Crippen LogP contribution in [0.5, 0.6) is 0 Å². The van der Waals surface area contributed by atoms with E-state index in [0.717, 1.165) is 29.1 Å². The van der Waals surface area contributed by atoms with Crippen molar-refractivity contribution in [3.05, 3.63) is 46.6 Å². The van der Waals surface area contributed by atoms with Crippen LogP contribution in [-0.4, -0.2) is 15.7 Å². The highest BCUT2D eigenvalue weighted by atomic mass is 16.2. The third-order valence-corrected chi connectivity index (χ3v) is 3.91. The van der Waals surface area contributed by atoms with Crippen LogP contribution < -0.4 is 5.32 Å². The molecule has 1 atom stereocenters. The van der Waals surface area contributed by atoms with Crippen LogP contribution >= 0.6 is 0 Å². The van der Waals surface area contributed by atoms with Crippen molar-refractivity contribution in [2.24, 2.45) is 7.05 Å². The first kappa shape index (κ1) is 15.3. The number of benzene rings is 1. The lowest BCUT2D eigenvalue weighted by Gasteiger charge is -2.14. The van der Waals surface area contributed by atoms with Crippen molar-refractivity contribution < 1.29 is 4.79 Å². The van der Waals surface area contributed by atoms with Gasteiger partial charge in [0.15, 0.2) is 0 Å². The Morgan fingerprint density at radius 3 is 2.48 bits per heavy atom. The molecule has 0 fully saturated rings. The van der Waals surface area contributed by atoms with Crippen molar-refractivity contribution >= 4 is 11.7 Å². The van der Waals surface area contributed by atoms with E-state index in [-0.39, 0.29) is 11.8 Å². The van der Waals surface area contributed by atoms with Crippen LogP contribution in [0.25, 0.3) is 0 Å². The monoisotopic (exact) mass is 285 g/mol. The van der Waals surface area contributed by atoms with Gasteiger partial charge in [-0.25, -0.2) is 0 Å². The van der Waals surface area contributed by atoms with Crippen molar-refractivity contribution in [1.29, 1.82) is 0 Å². The van der Waals surface area contributed by atoms with Gasteiger partial charge < -0.3 is 5.32 Å². The predicted octanol–water partition coefficient (Wildman–Crippen LogP) is 3.34. The van der Waals surface area contributed by atoms with Gasteiger partial charge in [-0.2, -0.15) is 5.10 Å². The number of carbonyl (C=O) groups excluding carboxylic acids is 1. The lowest BCUT2D eigenvalue weighted by atomic mass is 9.99. The Morgan fingerprint density at radius 2 is 1.90 bits per heavy atom. The molecular formula is C17H23N3O. The van der Waals surface area contributed by atoms with Crippen molar-refractivity contribution in [3.8, 4) is 0 Å². The maximum Gasteiger partial charge on any atom is 0.232 e. The largest absolute Gasteiger partial charge is 0.310 e. The molecule has 1 aromatic carbocycles. The number of hydrogen-bond acceptors (Lipinski definition) is 2. The van der Waals surface area contributed by atoms with Gasteiger partial charge in [-0.05, 0) is 32.8 Å². The molecule has 0 aliphatic rings. The zero-order chi connectivity index (χ0) is 15.6. The third kappa shape index (κ3) is 3.15. The molecule has 0 aliphatic heterocycles. The van der Waals surface area contributed by atoms with Crippen LogP contribution in [0.1, 0.15) is 42.1 Å². The van der Waals surface area contributed by atoms with Crippen LogP contribution in [0.2, 0.25) is 0 Å². The van der Waals surface area contributed by atoms with Gasteiger partial charge in [0.05, 0.1) is 11.6 Å². The third-order valence-electron chi connectivity index (χ3n) is 3.91. The molecule has 0 radical (unpaired) electrons. The number of aryl methyl sites for hydroxylation is 3. The summed E-state index contributed by atoms with van der Waals surface area (Å²) in [5.74, 6) is 0.612. The normalized spacial score (nSPS) is 12.2. The summed E-state index contributed by atoms with van der Waals surface area (Å²) in [5.41, 5.74) is 4.29. The molecular weight excluding hydrogens is 262 g/mol. The molecule has 4 heteroatoms. The fourth-order valence-corrected chi connectivity index (χ4v) is 2.51. The summed E-state index contributed by atoms with van der Waals surface area (Å²) < 4.78 is 1.74. The minimum atomic E-state index is -0.189. The van der Waals surface area contributed by atoms with E-state index in [0.29, 0.717) is 0 Å². The van der Waals surface area contributed by atoms with E-state index < -0.39 is 0 Å². The lowest BCUT2D eigenvalue weighted by molar-refractivity contribution is -0.117. The SMILES string of the molecule is CCc1c(C)nn(C)c1NC(=O)C(C)c1ccc(C)cc1. The Kier molecular flexibility index (Phi) is 4.46. The molecule has 2 rings (SSSR count). The number of aromatic nitrogens is 2. The zero-order valence-corrected chi connectivity index (χ0v) is 13.4. The molecule has 112 valence electrons. The number of nitrogens with one attached hydrogen (secondary N) is 1. The molecule has 0 bridgehead atoms. The van der Waals surface area contributed by atoms with Gasteiger partial charge >= 0.3 is 0 Å². The first-order valence-corrected chi connectivity index (χ1v) is 7.34. The van der Waals surface area contributed by atoms with Crippen molar-refractivity contribution in [2.75, 3.05) is 5.32 Å². The molecule has 0 aliphatic carbocycles. The first-order valence-electron chi connectivity index (χ1n) is 7.34. The number of anilines is 1. The standard InChI is InChI=1S/C17H23N3O/c1-6-15-13(4)19-20(5)16(15)18-17(21)12(3)14-9-7-11(2)8-10-14/h7-10,12H,6H2,1-5H3,(H,18,21). The highest BCUT2D eigenvalue weighted by Gasteiger charge is 2.19. The van der Waals surface area contributed by atoms with Gasteiger partial charge in [0.2, 0.25) is 5.91 Å². The maximum atomic E-state index is 12.5. The second-order valence-electron chi connectivity index (χ2n) is 5.51. The van der Waals surface area contributed by atoms with E-state index in [4.69, 9.17) is 0 Å². The fourth-order valence-electron chi connectivity index (χ4n) is 2.51. The van der Waals surface area contributed by atoms with Crippen LogP contribution in [0.3, 0.4) is 0 Å². The van der Waals surface area contributed by atoms with Crippen molar-refractivity contribution in [2.45, 2.75) is 40.0 Å². The molecule has 0 saturated heterocycles. The summed E-state index contributed by atoms with van der Waals surface area (Å²) in [5, 5.41) is 7.41. The van der Waals surface area contributed by atoms with Crippen molar-refractivity contribution in [3.63, 3.8) is 0 Å². The Morgan fingerprint density at radius 1 is 1.29 bits per heavy atom. The van der Waals surface area contributed by atoms with E-state index in [9.17, 15) is 4.79 Å². The van der Waals surface area contributed by atoms with Crippen LogP contribution in [-0.2, 0) is 18.3 Å². The number of carbonyl (C=O) groups is 1. The second-order valence-corrected chi connectivity index (χ2v) is 5.51. The van der Waals surface area contributed by atoms with E-state index in [1.807, 2.05) is 52.1 Å². The minimum absolute atomic E-state index is 0.00319. The Balaban J connectivity index is 2.20. The Bertz CT molecular complexity index is 641. The topological polar surface area (TPSA) is 46.9 Å². The molecule has 1 amide bonds. The molecule has 1 heterocycles. The number of nitrogens with zero attached hydrogens (tertiary/aromatic N) is 2. The summed E-state index contributed by atoms with van der Waals surface area (Å²) >= 11 is 0. The lowest BCUT2D eigenvalue weighted by Crippen LogP contribution is -2.21. The van der Waals surface area contributed by atoms with Gasteiger partial charge in [0.1, 0.15) is 5.82 Å². The quantitative estimate of drug-likeness (QED) is 0.936. The highest BCUT2D eigenvalue weighted by Crippen LogP contribution is 2.22. The number of rotatable bonds is 4. The van der Waals surface area contributed by atoms with Crippen LogP contribution in [0.4, 0.5) is 5.82 Å².